The van der Waals surface area contributed by atoms with Crippen molar-refractivity contribution >= 4 is 23.9 Å². The monoisotopic (exact) mass is 757 g/mol. The van der Waals surface area contributed by atoms with Crippen molar-refractivity contribution in [2.24, 2.45) is 0 Å². The molecule has 11 nitrogen and oxygen atoms in total. The average Bonchev–Trinajstić information content (AvgIpc) is 3.16. The first-order valence-electron chi connectivity index (χ1n) is 20.1. The van der Waals surface area contributed by atoms with E-state index in [4.69, 9.17) is 20.1 Å². The van der Waals surface area contributed by atoms with Crippen LogP contribution in [0.3, 0.4) is 0 Å². The van der Waals surface area contributed by atoms with Crippen LogP contribution in [0.5, 0.6) is 11.5 Å². The second-order valence-corrected chi connectivity index (χ2v) is 14.1. The minimum absolute atomic E-state index is 0.0935. The summed E-state index contributed by atoms with van der Waals surface area (Å²) >= 11 is 0. The Morgan fingerprint density at radius 3 is 1.35 bits per heavy atom. The van der Waals surface area contributed by atoms with Gasteiger partial charge in [-0.2, -0.15) is 0 Å². The molecule has 0 saturated carbocycles. The van der Waals surface area contributed by atoms with Crippen molar-refractivity contribution in [3.63, 3.8) is 0 Å². The van der Waals surface area contributed by atoms with E-state index in [2.05, 4.69) is 5.32 Å². The van der Waals surface area contributed by atoms with Crippen LogP contribution in [0.4, 0.5) is 0 Å². The fraction of sp³-hybridized carbons (Fsp3) is 0.628. The maximum absolute atomic E-state index is 12.6. The predicted octanol–water partition coefficient (Wildman–Crippen LogP) is 9.57. The number of aliphatic carboxylic acids is 4. The highest BCUT2D eigenvalue weighted by atomic mass is 16.5. The number of phenols is 1. The number of nitrogens with one attached hydrogen (secondary N) is 1. The molecule has 2 aromatic rings. The molecule has 1 heterocycles. The Hall–Kier alpha value is -4.12. The highest BCUT2D eigenvalue weighted by Gasteiger charge is 2.43. The van der Waals surface area contributed by atoms with Gasteiger partial charge in [0, 0.05) is 30.9 Å². The van der Waals surface area contributed by atoms with Gasteiger partial charge in [0.05, 0.1) is 7.11 Å². The normalized spacial score (nSPS) is 13.3. The van der Waals surface area contributed by atoms with Crippen LogP contribution in [-0.4, -0.2) is 69.6 Å². The number of carboxylic acid groups (broad SMARTS) is 4. The van der Waals surface area contributed by atoms with Crippen LogP contribution in [0.2, 0.25) is 0 Å². The molecule has 1 unspecified atom stereocenters. The zero-order valence-electron chi connectivity index (χ0n) is 32.6. The van der Waals surface area contributed by atoms with Crippen LogP contribution in [-0.2, 0) is 24.6 Å². The number of carboxylic acids is 4. The number of hydrogen-bond acceptors (Lipinski definition) is 7. The van der Waals surface area contributed by atoms with Crippen molar-refractivity contribution in [3.8, 4) is 11.5 Å². The van der Waals surface area contributed by atoms with E-state index in [1.807, 2.05) is 18.2 Å². The first-order chi connectivity index (χ1) is 26.0. The Morgan fingerprint density at radius 1 is 0.593 bits per heavy atom. The number of rotatable bonds is 26. The lowest BCUT2D eigenvalue weighted by Crippen LogP contribution is -2.37. The summed E-state index contributed by atoms with van der Waals surface area (Å²) in [6.45, 7) is 2.50. The summed E-state index contributed by atoms with van der Waals surface area (Å²) in [7, 11) is 1.50. The van der Waals surface area contributed by atoms with E-state index < -0.39 is 29.3 Å². The van der Waals surface area contributed by atoms with Crippen molar-refractivity contribution in [1.82, 2.24) is 5.32 Å². The second-order valence-electron chi connectivity index (χ2n) is 14.1. The van der Waals surface area contributed by atoms with Crippen LogP contribution in [0, 0.1) is 0 Å². The van der Waals surface area contributed by atoms with Crippen LogP contribution in [0.15, 0.2) is 48.5 Å². The maximum Gasteiger partial charge on any atom is 0.318 e. The van der Waals surface area contributed by atoms with Gasteiger partial charge in [-0.15, -0.1) is 0 Å². The zero-order valence-corrected chi connectivity index (χ0v) is 32.6. The van der Waals surface area contributed by atoms with Crippen LogP contribution < -0.4 is 10.1 Å². The number of piperidine rings is 1. The molecule has 1 saturated heterocycles. The quantitative estimate of drug-likeness (QED) is 0.0501. The van der Waals surface area contributed by atoms with Crippen molar-refractivity contribution in [2.45, 2.75) is 153 Å². The second kappa shape index (κ2) is 30.2. The highest BCUT2D eigenvalue weighted by Crippen LogP contribution is 2.43. The summed E-state index contributed by atoms with van der Waals surface area (Å²) in [5.74, 6) is -2.78. The fourth-order valence-corrected chi connectivity index (χ4v) is 6.64. The lowest BCUT2D eigenvalue weighted by Gasteiger charge is -2.31. The molecule has 6 N–H and O–H groups in total. The molecule has 1 aliphatic heterocycles. The molecule has 0 aliphatic carbocycles. The minimum atomic E-state index is -1.35. The van der Waals surface area contributed by atoms with Gasteiger partial charge in [-0.25, -0.2) is 0 Å². The summed E-state index contributed by atoms with van der Waals surface area (Å²) < 4.78 is 5.16. The van der Waals surface area contributed by atoms with E-state index in [0.717, 1.165) is 70.6 Å². The summed E-state index contributed by atoms with van der Waals surface area (Å²) in [5.41, 5.74) is -0.351. The third kappa shape index (κ3) is 21.5. The molecule has 304 valence electrons. The first kappa shape index (κ1) is 47.9. The molecule has 0 amide bonds. The molecule has 3 rings (SSSR count). The van der Waals surface area contributed by atoms with Gasteiger partial charge in [0.1, 0.15) is 16.9 Å². The van der Waals surface area contributed by atoms with Crippen LogP contribution >= 0.6 is 0 Å². The molecule has 1 aliphatic rings. The number of benzene rings is 2. The number of phenolic OH excluding ortho intramolecular Hbond substituents is 1. The van der Waals surface area contributed by atoms with Crippen LogP contribution in [0.25, 0.3) is 0 Å². The lowest BCUT2D eigenvalue weighted by atomic mass is 9.70. The Labute approximate surface area is 322 Å². The predicted molar refractivity (Wildman–Crippen MR) is 211 cm³/mol. The number of ether oxygens (including phenoxy) is 1. The standard InChI is InChI=1S/C25H32O6.C13H24O4.C5H11N/c1-31-20-15-16-21(22(26)18-20)25(24(29)30,19-12-8-7-9-13-19)17-11-6-4-2-3-5-10-14-23(27)28;14-12(15)10-8-6-4-2-1-3-5-7-9-11-13(16)17;1-2-4-6-5-3-1/h7-9,12-13,15-16,18,26H,2-6,10-11,14,17H2,1H3,(H,27,28)(H,29,30);1-11H2,(H,14,15)(H,16,17);6H,1-5H2. The van der Waals surface area contributed by atoms with E-state index in [1.165, 1.54) is 64.8 Å². The van der Waals surface area contributed by atoms with Gasteiger partial charge < -0.3 is 35.6 Å². The van der Waals surface area contributed by atoms with Gasteiger partial charge in [0.25, 0.3) is 0 Å². The molecule has 54 heavy (non-hydrogen) atoms. The van der Waals surface area contributed by atoms with Crippen molar-refractivity contribution in [3.05, 3.63) is 59.7 Å². The van der Waals surface area contributed by atoms with Gasteiger partial charge in [0.15, 0.2) is 0 Å². The molecular formula is C43H67NO10. The van der Waals surface area contributed by atoms with Crippen molar-refractivity contribution in [2.75, 3.05) is 20.2 Å². The number of hydrogen-bond donors (Lipinski definition) is 6. The molecular weight excluding hydrogens is 690 g/mol. The Morgan fingerprint density at radius 2 is 1.02 bits per heavy atom. The zero-order chi connectivity index (χ0) is 39.9. The number of methoxy groups -OCH3 is 1. The SMILES string of the molecule is C1CCNCC1.COc1ccc(C(CCCCCCCCCC(=O)O)(C(=O)O)c2ccccc2)c(O)c1.O=C(O)CCCCCCCCCCCC(=O)O. The van der Waals surface area contributed by atoms with Crippen molar-refractivity contribution < 1.29 is 49.4 Å². The lowest BCUT2D eigenvalue weighted by molar-refractivity contribution is -0.143. The van der Waals surface area contributed by atoms with Gasteiger partial charge in [-0.3, -0.25) is 19.2 Å². The molecule has 0 spiro atoms. The Bertz CT molecular complexity index is 1280. The first-order valence-corrected chi connectivity index (χ1v) is 20.1. The van der Waals surface area contributed by atoms with Gasteiger partial charge in [-0.1, -0.05) is 126 Å². The number of unbranched alkanes of at least 4 members (excludes halogenated alkanes) is 14. The van der Waals surface area contributed by atoms with E-state index in [0.29, 0.717) is 36.1 Å². The van der Waals surface area contributed by atoms with E-state index in [9.17, 15) is 29.4 Å². The molecule has 0 bridgehead atoms. The summed E-state index contributed by atoms with van der Waals surface area (Å²) in [4.78, 5) is 43.7. The summed E-state index contributed by atoms with van der Waals surface area (Å²) in [6.07, 6.45) is 20.8. The maximum atomic E-state index is 12.6. The minimum Gasteiger partial charge on any atom is -0.507 e. The van der Waals surface area contributed by atoms with E-state index in [-0.39, 0.29) is 25.0 Å². The largest absolute Gasteiger partial charge is 0.507 e. The molecule has 2 aromatic carbocycles. The molecule has 11 heteroatoms. The van der Waals surface area contributed by atoms with Gasteiger partial charge in [-0.05, 0) is 63.2 Å². The van der Waals surface area contributed by atoms with Crippen molar-refractivity contribution in [1.29, 1.82) is 0 Å². The van der Waals surface area contributed by atoms with E-state index >= 15 is 0 Å². The van der Waals surface area contributed by atoms with Crippen LogP contribution in [0.1, 0.15) is 159 Å². The summed E-state index contributed by atoms with van der Waals surface area (Å²) in [6, 6.07) is 13.8. The fourth-order valence-electron chi connectivity index (χ4n) is 6.64. The number of carbonyl (C=O) groups is 4. The van der Waals surface area contributed by atoms with Gasteiger partial charge in [0.2, 0.25) is 0 Å². The summed E-state index contributed by atoms with van der Waals surface area (Å²) in [5, 5.41) is 49.8. The Balaban J connectivity index is 0.000000526. The van der Waals surface area contributed by atoms with E-state index in [1.54, 1.807) is 24.3 Å². The molecule has 1 fully saturated rings. The molecule has 0 radical (unpaired) electrons. The van der Waals surface area contributed by atoms with Gasteiger partial charge >= 0.3 is 23.9 Å². The molecule has 0 aromatic heterocycles. The Kier molecular flexibility index (Phi) is 26.8. The third-order valence-corrected chi connectivity index (χ3v) is 9.73. The smallest absolute Gasteiger partial charge is 0.318 e. The highest BCUT2D eigenvalue weighted by molar-refractivity contribution is 5.87. The topological polar surface area (TPSA) is 191 Å². The molecule has 1 atom stereocenters. The number of aromatic hydroxyl groups is 1. The average molecular weight is 758 g/mol. The third-order valence-electron chi connectivity index (χ3n) is 9.73.